The minimum atomic E-state index is 0.0147. The Morgan fingerprint density at radius 2 is 1.76 bits per heavy atom. The molecule has 4 heteroatoms. The van der Waals surface area contributed by atoms with Crippen LogP contribution in [0, 0.1) is 0 Å². The number of piperidine rings is 1. The summed E-state index contributed by atoms with van der Waals surface area (Å²) in [6, 6.07) is 15.3. The quantitative estimate of drug-likeness (QED) is 0.709. The zero-order valence-electron chi connectivity index (χ0n) is 14.3. The van der Waals surface area contributed by atoms with E-state index < -0.39 is 0 Å². The van der Waals surface area contributed by atoms with Crippen molar-refractivity contribution >= 4 is 16.7 Å². The Morgan fingerprint density at radius 3 is 2.48 bits per heavy atom. The van der Waals surface area contributed by atoms with Crippen LogP contribution in [0.5, 0.6) is 5.75 Å². The van der Waals surface area contributed by atoms with Gasteiger partial charge in [0.05, 0.1) is 12.5 Å². The highest BCUT2D eigenvalue weighted by molar-refractivity contribution is 5.87. The standard InChI is InChI=1S/C21H21NO3/c1-24-16-10-11-18-17(14-16)20(23)19(22-12-6-3-7-13-22)21(25-18)15-8-4-2-5-9-15/h2,4-5,8-11,14H,3,6-7,12-13H2,1H3. The van der Waals surface area contributed by atoms with Gasteiger partial charge in [0.25, 0.3) is 0 Å². The van der Waals surface area contributed by atoms with Crippen LogP contribution >= 0.6 is 0 Å². The maximum atomic E-state index is 13.3. The summed E-state index contributed by atoms with van der Waals surface area (Å²) < 4.78 is 11.5. The second-order valence-corrected chi connectivity index (χ2v) is 6.38. The van der Waals surface area contributed by atoms with Gasteiger partial charge >= 0.3 is 0 Å². The number of methoxy groups -OCH3 is 1. The summed E-state index contributed by atoms with van der Waals surface area (Å²) >= 11 is 0. The molecule has 0 bridgehead atoms. The fraction of sp³-hybridized carbons (Fsp3) is 0.286. The van der Waals surface area contributed by atoms with E-state index in [-0.39, 0.29) is 5.43 Å². The van der Waals surface area contributed by atoms with Gasteiger partial charge in [-0.15, -0.1) is 0 Å². The molecular weight excluding hydrogens is 314 g/mol. The summed E-state index contributed by atoms with van der Waals surface area (Å²) in [7, 11) is 1.60. The first-order valence-corrected chi connectivity index (χ1v) is 8.73. The van der Waals surface area contributed by atoms with E-state index in [0.29, 0.717) is 28.2 Å². The Morgan fingerprint density at radius 1 is 1.00 bits per heavy atom. The first-order valence-electron chi connectivity index (χ1n) is 8.73. The highest BCUT2D eigenvalue weighted by Crippen LogP contribution is 2.33. The van der Waals surface area contributed by atoms with Crippen LogP contribution in [-0.2, 0) is 0 Å². The topological polar surface area (TPSA) is 42.7 Å². The SMILES string of the molecule is COc1ccc2oc(-c3ccccc3)c(N3CCCCC3)c(=O)c2c1. The maximum Gasteiger partial charge on any atom is 0.216 e. The lowest BCUT2D eigenvalue weighted by molar-refractivity contribution is 0.415. The van der Waals surface area contributed by atoms with E-state index in [2.05, 4.69) is 4.90 Å². The number of hydrogen-bond acceptors (Lipinski definition) is 4. The molecule has 0 aliphatic carbocycles. The molecule has 2 heterocycles. The van der Waals surface area contributed by atoms with Crippen molar-refractivity contribution in [3.8, 4) is 17.1 Å². The molecule has 1 aliphatic heterocycles. The maximum absolute atomic E-state index is 13.3. The molecule has 1 fully saturated rings. The van der Waals surface area contributed by atoms with Gasteiger partial charge in [-0.3, -0.25) is 4.79 Å². The van der Waals surface area contributed by atoms with E-state index in [4.69, 9.17) is 9.15 Å². The van der Waals surface area contributed by atoms with E-state index >= 15 is 0 Å². The molecule has 0 saturated carbocycles. The Labute approximate surface area is 146 Å². The van der Waals surface area contributed by atoms with Gasteiger partial charge in [-0.25, -0.2) is 0 Å². The van der Waals surface area contributed by atoms with Crippen molar-refractivity contribution in [2.75, 3.05) is 25.1 Å². The minimum absolute atomic E-state index is 0.0147. The number of anilines is 1. The van der Waals surface area contributed by atoms with Gasteiger partial charge in [-0.05, 0) is 37.5 Å². The number of rotatable bonds is 3. The van der Waals surface area contributed by atoms with Crippen molar-refractivity contribution in [1.82, 2.24) is 0 Å². The predicted molar refractivity (Wildman–Crippen MR) is 101 cm³/mol. The highest BCUT2D eigenvalue weighted by atomic mass is 16.5. The summed E-state index contributed by atoms with van der Waals surface area (Å²) in [6.07, 6.45) is 3.41. The molecule has 0 spiro atoms. The second-order valence-electron chi connectivity index (χ2n) is 6.38. The van der Waals surface area contributed by atoms with Crippen LogP contribution in [0.1, 0.15) is 19.3 Å². The lowest BCUT2D eigenvalue weighted by atomic mass is 10.0. The van der Waals surface area contributed by atoms with Crippen molar-refractivity contribution in [2.45, 2.75) is 19.3 Å². The summed E-state index contributed by atoms with van der Waals surface area (Å²) in [6.45, 7) is 1.78. The molecule has 0 amide bonds. The molecule has 4 nitrogen and oxygen atoms in total. The first kappa shape index (κ1) is 15.8. The van der Waals surface area contributed by atoms with Gasteiger partial charge in [-0.1, -0.05) is 30.3 Å². The van der Waals surface area contributed by atoms with Gasteiger partial charge in [0.15, 0.2) is 5.76 Å². The third-order valence-corrected chi connectivity index (χ3v) is 4.78. The number of benzene rings is 2. The molecule has 0 radical (unpaired) electrons. The largest absolute Gasteiger partial charge is 0.497 e. The molecule has 25 heavy (non-hydrogen) atoms. The molecule has 1 aliphatic rings. The Balaban J connectivity index is 1.99. The molecule has 2 aromatic carbocycles. The number of ether oxygens (including phenoxy) is 1. The lowest BCUT2D eigenvalue weighted by Crippen LogP contribution is -2.33. The highest BCUT2D eigenvalue weighted by Gasteiger charge is 2.23. The van der Waals surface area contributed by atoms with Crippen molar-refractivity contribution in [2.24, 2.45) is 0 Å². The van der Waals surface area contributed by atoms with Crippen LogP contribution in [0.2, 0.25) is 0 Å². The van der Waals surface area contributed by atoms with E-state index in [0.717, 1.165) is 31.5 Å². The number of nitrogens with zero attached hydrogens (tertiary/aromatic N) is 1. The van der Waals surface area contributed by atoms with Crippen molar-refractivity contribution in [3.63, 3.8) is 0 Å². The van der Waals surface area contributed by atoms with Crippen LogP contribution in [0.3, 0.4) is 0 Å². The molecule has 1 saturated heterocycles. The van der Waals surface area contributed by atoms with Crippen LogP contribution in [-0.4, -0.2) is 20.2 Å². The molecule has 128 valence electrons. The van der Waals surface area contributed by atoms with Gasteiger partial charge in [0, 0.05) is 18.7 Å². The Hall–Kier alpha value is -2.75. The fourth-order valence-electron chi connectivity index (χ4n) is 3.48. The van der Waals surface area contributed by atoms with Gasteiger partial charge in [0.1, 0.15) is 17.0 Å². The van der Waals surface area contributed by atoms with Gasteiger partial charge in [0.2, 0.25) is 5.43 Å². The van der Waals surface area contributed by atoms with Crippen LogP contribution in [0.15, 0.2) is 57.7 Å². The molecule has 4 rings (SSSR count). The van der Waals surface area contributed by atoms with E-state index in [1.54, 1.807) is 13.2 Å². The van der Waals surface area contributed by atoms with Gasteiger partial charge < -0.3 is 14.1 Å². The molecule has 1 aromatic heterocycles. The zero-order chi connectivity index (χ0) is 17.2. The molecule has 0 N–H and O–H groups in total. The number of hydrogen-bond donors (Lipinski definition) is 0. The molecule has 0 unspecified atom stereocenters. The zero-order valence-corrected chi connectivity index (χ0v) is 14.3. The monoisotopic (exact) mass is 335 g/mol. The van der Waals surface area contributed by atoms with Crippen LogP contribution < -0.4 is 15.1 Å². The third-order valence-electron chi connectivity index (χ3n) is 4.78. The molecule has 3 aromatic rings. The van der Waals surface area contributed by atoms with Crippen LogP contribution in [0.4, 0.5) is 5.69 Å². The summed E-state index contributed by atoms with van der Waals surface area (Å²) in [5, 5.41) is 0.569. The predicted octanol–water partition coefficient (Wildman–Crippen LogP) is 4.46. The molecule has 0 atom stereocenters. The third kappa shape index (κ3) is 2.88. The smallest absolute Gasteiger partial charge is 0.216 e. The first-order chi connectivity index (χ1) is 12.3. The van der Waals surface area contributed by atoms with E-state index in [9.17, 15) is 4.79 Å². The van der Waals surface area contributed by atoms with E-state index in [1.165, 1.54) is 6.42 Å². The van der Waals surface area contributed by atoms with Crippen molar-refractivity contribution in [3.05, 3.63) is 58.8 Å². The van der Waals surface area contributed by atoms with Crippen LogP contribution in [0.25, 0.3) is 22.3 Å². The minimum Gasteiger partial charge on any atom is -0.497 e. The van der Waals surface area contributed by atoms with Crippen molar-refractivity contribution in [1.29, 1.82) is 0 Å². The van der Waals surface area contributed by atoms with Gasteiger partial charge in [-0.2, -0.15) is 0 Å². The summed E-state index contributed by atoms with van der Waals surface area (Å²) in [5.41, 5.74) is 2.20. The average molecular weight is 335 g/mol. The normalized spacial score (nSPS) is 14.7. The summed E-state index contributed by atoms with van der Waals surface area (Å²) in [5.74, 6) is 1.32. The van der Waals surface area contributed by atoms with E-state index in [1.807, 2.05) is 42.5 Å². The Bertz CT molecular complexity index is 941. The average Bonchev–Trinajstić information content (AvgIpc) is 2.69. The fourth-order valence-corrected chi connectivity index (χ4v) is 3.48. The summed E-state index contributed by atoms with van der Waals surface area (Å²) in [4.78, 5) is 15.5. The Kier molecular flexibility index (Phi) is 4.18. The molecular formula is C21H21NO3. The second kappa shape index (κ2) is 6.63. The van der Waals surface area contributed by atoms with Crippen molar-refractivity contribution < 1.29 is 9.15 Å². The number of fused-ring (bicyclic) bond motifs is 1. The lowest BCUT2D eigenvalue weighted by Gasteiger charge is -2.29.